The summed E-state index contributed by atoms with van der Waals surface area (Å²) in [6.45, 7) is 0. The van der Waals surface area contributed by atoms with Crippen LogP contribution in [0.5, 0.6) is 0 Å². The molecule has 0 fully saturated rings. The molecule has 0 amide bonds. The van der Waals surface area contributed by atoms with Gasteiger partial charge in [0, 0.05) is 12.4 Å². The Kier molecular flexibility index (Phi) is 5.10. The molecule has 0 aliphatic rings. The quantitative estimate of drug-likeness (QED) is 0.617. The SMILES string of the molecule is O=c1[nH]c(=O)n(C(=C(Cl)Br)n2cc(Br)c(=O)[nH]c2=O)cc1Br. The van der Waals surface area contributed by atoms with E-state index in [4.69, 9.17) is 11.6 Å². The molecule has 0 saturated carbocycles. The van der Waals surface area contributed by atoms with E-state index in [0.29, 0.717) is 0 Å². The standard InChI is InChI=1S/C10H4Br3ClN4O4/c11-3-1-17(9(21)15-6(3)19)8(5(13)14)18-2-4(12)7(20)16-10(18)22/h1-2H,(H,15,19,21)(H,16,20,22). The van der Waals surface area contributed by atoms with E-state index in [1.165, 1.54) is 0 Å². The van der Waals surface area contributed by atoms with Gasteiger partial charge in [0.25, 0.3) is 11.1 Å². The first-order chi connectivity index (χ1) is 10.2. The van der Waals surface area contributed by atoms with Gasteiger partial charge >= 0.3 is 11.4 Å². The van der Waals surface area contributed by atoms with Crippen molar-refractivity contribution in [1.82, 2.24) is 19.1 Å². The number of hydrogen-bond acceptors (Lipinski definition) is 4. The molecule has 22 heavy (non-hydrogen) atoms. The van der Waals surface area contributed by atoms with Crippen LogP contribution in [0.1, 0.15) is 0 Å². The number of nitrogens with zero attached hydrogens (tertiary/aromatic N) is 2. The number of halogens is 4. The van der Waals surface area contributed by atoms with Crippen LogP contribution in [-0.4, -0.2) is 19.1 Å². The van der Waals surface area contributed by atoms with Gasteiger partial charge in [0.1, 0.15) is 3.94 Å². The molecule has 2 aromatic rings. The molecule has 0 atom stereocenters. The summed E-state index contributed by atoms with van der Waals surface area (Å²) in [5.74, 6) is -0.120. The van der Waals surface area contributed by atoms with Gasteiger partial charge in [-0.3, -0.25) is 28.7 Å². The first-order valence-corrected chi connectivity index (χ1v) is 8.07. The van der Waals surface area contributed by atoms with Gasteiger partial charge in [-0.25, -0.2) is 9.59 Å². The average Bonchev–Trinajstić information content (AvgIpc) is 2.41. The van der Waals surface area contributed by atoms with Crippen LogP contribution < -0.4 is 22.5 Å². The highest BCUT2D eigenvalue weighted by molar-refractivity contribution is 9.12. The number of nitrogens with one attached hydrogen (secondary N) is 2. The smallest absolute Gasteiger partial charge is 0.273 e. The number of aromatic amines is 2. The van der Waals surface area contributed by atoms with Gasteiger partial charge in [-0.15, -0.1) is 0 Å². The molecular formula is C10H4Br3ClN4O4. The van der Waals surface area contributed by atoms with Crippen molar-refractivity contribution in [3.8, 4) is 0 Å². The van der Waals surface area contributed by atoms with Crippen LogP contribution in [-0.2, 0) is 0 Å². The Bertz CT molecular complexity index is 937. The van der Waals surface area contributed by atoms with Crippen LogP contribution >= 0.6 is 59.4 Å². The molecule has 0 unspecified atom stereocenters. The lowest BCUT2D eigenvalue weighted by atomic mass is 10.5. The minimum absolute atomic E-state index is 0.0477. The second-order valence-electron chi connectivity index (χ2n) is 3.80. The minimum atomic E-state index is -0.824. The zero-order chi connectivity index (χ0) is 16.6. The predicted molar refractivity (Wildman–Crippen MR) is 90.4 cm³/mol. The van der Waals surface area contributed by atoms with Crippen molar-refractivity contribution in [3.05, 3.63) is 72.8 Å². The van der Waals surface area contributed by atoms with Crippen molar-refractivity contribution in [2.45, 2.75) is 0 Å². The first kappa shape index (κ1) is 17.2. The van der Waals surface area contributed by atoms with Gasteiger partial charge in [0.15, 0.2) is 5.82 Å². The highest BCUT2D eigenvalue weighted by Gasteiger charge is 2.15. The van der Waals surface area contributed by atoms with E-state index in [2.05, 4.69) is 47.8 Å². The molecule has 2 N–H and O–H groups in total. The zero-order valence-corrected chi connectivity index (χ0v) is 15.7. The maximum atomic E-state index is 11.9. The minimum Gasteiger partial charge on any atom is -0.273 e. The molecule has 0 aliphatic carbocycles. The van der Waals surface area contributed by atoms with Gasteiger partial charge in [-0.2, -0.15) is 0 Å². The summed E-state index contributed by atoms with van der Waals surface area (Å²) in [6.07, 6.45) is 2.29. The summed E-state index contributed by atoms with van der Waals surface area (Å²) < 4.78 is 1.84. The number of hydrogen-bond donors (Lipinski definition) is 2. The topological polar surface area (TPSA) is 110 Å². The third-order valence-corrected chi connectivity index (χ3v) is 4.08. The molecule has 8 nitrogen and oxygen atoms in total. The molecular weight excluding hydrogens is 515 g/mol. The van der Waals surface area contributed by atoms with E-state index < -0.39 is 22.5 Å². The Morgan fingerprint density at radius 3 is 1.59 bits per heavy atom. The van der Waals surface area contributed by atoms with E-state index >= 15 is 0 Å². The van der Waals surface area contributed by atoms with Crippen LogP contribution in [0, 0.1) is 5.82 Å². The molecule has 0 saturated heterocycles. The Labute approximate surface area is 150 Å². The molecule has 0 radical (unpaired) electrons. The number of rotatable bonds is 2. The predicted octanol–water partition coefficient (Wildman–Crippen LogP) is 0.994. The first-order valence-electron chi connectivity index (χ1n) is 5.31. The molecule has 116 valence electrons. The molecule has 0 spiro atoms. The van der Waals surface area contributed by atoms with Crippen LogP contribution in [0.25, 0.3) is 0 Å². The van der Waals surface area contributed by atoms with E-state index in [-0.39, 0.29) is 18.7 Å². The molecule has 2 rings (SSSR count). The van der Waals surface area contributed by atoms with Gasteiger partial charge < -0.3 is 0 Å². The number of H-pyrrole nitrogens is 2. The van der Waals surface area contributed by atoms with Crippen LogP contribution in [0.15, 0.2) is 44.5 Å². The lowest BCUT2D eigenvalue weighted by Crippen LogP contribution is -2.38. The lowest BCUT2D eigenvalue weighted by Gasteiger charge is -2.13. The van der Waals surface area contributed by atoms with Crippen molar-refractivity contribution in [2.24, 2.45) is 0 Å². The maximum Gasteiger partial charge on any atom is 0.334 e. The average molecular weight is 519 g/mol. The fourth-order valence-electron chi connectivity index (χ4n) is 1.51. The van der Waals surface area contributed by atoms with E-state index in [1.54, 1.807) is 0 Å². The molecule has 2 heterocycles. The Balaban J connectivity index is 2.89. The molecule has 0 aromatic carbocycles. The highest BCUT2D eigenvalue weighted by atomic mass is 79.9. The van der Waals surface area contributed by atoms with Crippen molar-refractivity contribution < 1.29 is 0 Å². The van der Waals surface area contributed by atoms with Crippen LogP contribution in [0.3, 0.4) is 0 Å². The van der Waals surface area contributed by atoms with E-state index in [1.807, 2.05) is 9.97 Å². The molecule has 0 aliphatic heterocycles. The van der Waals surface area contributed by atoms with Gasteiger partial charge in [-0.1, -0.05) is 11.6 Å². The summed E-state index contributed by atoms with van der Waals surface area (Å²) in [5, 5.41) is 0. The van der Waals surface area contributed by atoms with Crippen molar-refractivity contribution in [3.63, 3.8) is 0 Å². The second kappa shape index (κ2) is 6.52. The largest absolute Gasteiger partial charge is 0.334 e. The van der Waals surface area contributed by atoms with E-state index in [9.17, 15) is 19.2 Å². The zero-order valence-electron chi connectivity index (χ0n) is 10.2. The summed E-state index contributed by atoms with van der Waals surface area (Å²) in [4.78, 5) is 50.8. The van der Waals surface area contributed by atoms with Crippen LogP contribution in [0.4, 0.5) is 0 Å². The summed E-state index contributed by atoms with van der Waals surface area (Å²) >= 11 is 14.8. The van der Waals surface area contributed by atoms with Crippen LogP contribution in [0.2, 0.25) is 0 Å². The van der Waals surface area contributed by atoms with Crippen molar-refractivity contribution >= 4 is 59.4 Å². The Morgan fingerprint density at radius 2 is 1.27 bits per heavy atom. The highest BCUT2D eigenvalue weighted by Crippen LogP contribution is 2.17. The van der Waals surface area contributed by atoms with Gasteiger partial charge in [0.2, 0.25) is 0 Å². The van der Waals surface area contributed by atoms with Crippen molar-refractivity contribution in [2.75, 3.05) is 0 Å². The monoisotopic (exact) mass is 516 g/mol. The third kappa shape index (κ3) is 3.26. The summed E-state index contributed by atoms with van der Waals surface area (Å²) in [6, 6.07) is 0. The Hall–Kier alpha value is -1.17. The van der Waals surface area contributed by atoms with Crippen molar-refractivity contribution in [1.29, 1.82) is 0 Å². The van der Waals surface area contributed by atoms with Gasteiger partial charge in [0.05, 0.1) is 8.95 Å². The fraction of sp³-hybridized carbons (Fsp3) is 0. The summed E-state index contributed by atoms with van der Waals surface area (Å²) in [5.41, 5.74) is -2.92. The molecule has 12 heteroatoms. The third-order valence-electron chi connectivity index (χ3n) is 2.42. The molecule has 2 aromatic heterocycles. The second-order valence-corrected chi connectivity index (χ2v) is 7.13. The van der Waals surface area contributed by atoms with Gasteiger partial charge in [-0.05, 0) is 47.8 Å². The lowest BCUT2D eigenvalue weighted by molar-refractivity contribution is 0.665. The number of aromatic nitrogens is 4. The normalized spacial score (nSPS) is 10.5. The Morgan fingerprint density at radius 1 is 0.909 bits per heavy atom. The van der Waals surface area contributed by atoms with E-state index in [0.717, 1.165) is 21.5 Å². The molecule has 0 bridgehead atoms. The maximum absolute atomic E-state index is 11.9. The fourth-order valence-corrected chi connectivity index (χ4v) is 2.68. The summed E-state index contributed by atoms with van der Waals surface area (Å²) in [7, 11) is 0.